The second-order valence-electron chi connectivity index (χ2n) is 6.24. The van der Waals surface area contributed by atoms with E-state index in [-0.39, 0.29) is 12.1 Å². The van der Waals surface area contributed by atoms with Gasteiger partial charge in [-0.3, -0.25) is 0 Å². The molecule has 1 aliphatic heterocycles. The number of nitrogens with two attached hydrogens (primary N) is 1. The first-order valence-corrected chi connectivity index (χ1v) is 7.68. The Morgan fingerprint density at radius 2 is 1.90 bits per heavy atom. The summed E-state index contributed by atoms with van der Waals surface area (Å²) in [5.41, 5.74) is 10.7. The zero-order chi connectivity index (χ0) is 13.7. The molecular weight excluding hydrogens is 246 g/mol. The van der Waals surface area contributed by atoms with Crippen LogP contribution in [0, 0.1) is 0 Å². The van der Waals surface area contributed by atoms with Crippen molar-refractivity contribution in [1.82, 2.24) is 0 Å². The summed E-state index contributed by atoms with van der Waals surface area (Å²) in [6.07, 6.45) is 5.06. The van der Waals surface area contributed by atoms with Gasteiger partial charge in [-0.2, -0.15) is 0 Å². The van der Waals surface area contributed by atoms with Crippen LogP contribution in [-0.2, 0) is 17.6 Å². The van der Waals surface area contributed by atoms with Crippen molar-refractivity contribution in [3.05, 3.63) is 47.0 Å². The fraction of sp³-hybridized carbons (Fsp3) is 0.444. The minimum atomic E-state index is -0.00940. The van der Waals surface area contributed by atoms with E-state index in [1.807, 2.05) is 0 Å². The summed E-state index contributed by atoms with van der Waals surface area (Å²) < 4.78 is 5.98. The topological polar surface area (TPSA) is 35.2 Å². The molecule has 104 valence electrons. The number of ether oxygens (including phenoxy) is 1. The van der Waals surface area contributed by atoms with Gasteiger partial charge in [0.2, 0.25) is 0 Å². The fourth-order valence-corrected chi connectivity index (χ4v) is 3.86. The maximum atomic E-state index is 6.52. The van der Waals surface area contributed by atoms with E-state index < -0.39 is 0 Å². The lowest BCUT2D eigenvalue weighted by molar-refractivity contribution is 0.0404. The van der Waals surface area contributed by atoms with E-state index in [0.29, 0.717) is 6.10 Å². The van der Waals surface area contributed by atoms with Crippen molar-refractivity contribution >= 4 is 10.8 Å². The second-order valence-corrected chi connectivity index (χ2v) is 6.24. The van der Waals surface area contributed by atoms with Gasteiger partial charge in [0.1, 0.15) is 0 Å². The molecule has 1 fully saturated rings. The third kappa shape index (κ3) is 1.79. The van der Waals surface area contributed by atoms with Crippen LogP contribution in [0.4, 0.5) is 0 Å². The molecule has 2 aliphatic rings. The maximum absolute atomic E-state index is 6.52. The van der Waals surface area contributed by atoms with E-state index in [1.54, 1.807) is 0 Å². The van der Waals surface area contributed by atoms with Crippen LogP contribution in [0.25, 0.3) is 10.8 Å². The van der Waals surface area contributed by atoms with Gasteiger partial charge in [0.05, 0.1) is 18.2 Å². The molecule has 20 heavy (non-hydrogen) atoms. The van der Waals surface area contributed by atoms with Crippen molar-refractivity contribution in [3.8, 4) is 0 Å². The standard InChI is InChI=1S/C18H21NO/c1-11-5-10-16(20-11)18(19)15-9-8-13-7-6-12-3-2-4-14(15)17(12)13/h2-4,8-9,11,16,18H,5-7,10,19H2,1H3. The summed E-state index contributed by atoms with van der Waals surface area (Å²) in [5, 5.41) is 2.79. The second kappa shape index (κ2) is 4.57. The van der Waals surface area contributed by atoms with E-state index >= 15 is 0 Å². The molecule has 0 radical (unpaired) electrons. The normalized spacial score (nSPS) is 26.3. The Hall–Kier alpha value is -1.38. The average Bonchev–Trinajstić information content (AvgIpc) is 3.07. The smallest absolute Gasteiger partial charge is 0.0772 e. The lowest BCUT2D eigenvalue weighted by Crippen LogP contribution is -2.26. The first-order chi connectivity index (χ1) is 9.74. The highest BCUT2D eigenvalue weighted by Gasteiger charge is 2.29. The fourth-order valence-electron chi connectivity index (χ4n) is 3.86. The third-order valence-corrected chi connectivity index (χ3v) is 4.94. The number of hydrogen-bond acceptors (Lipinski definition) is 2. The van der Waals surface area contributed by atoms with Crippen LogP contribution >= 0.6 is 0 Å². The van der Waals surface area contributed by atoms with Crippen LogP contribution in [0.15, 0.2) is 30.3 Å². The summed E-state index contributed by atoms with van der Waals surface area (Å²) in [6, 6.07) is 11.1. The minimum Gasteiger partial charge on any atom is -0.373 e. The number of benzene rings is 2. The maximum Gasteiger partial charge on any atom is 0.0772 e. The van der Waals surface area contributed by atoms with Gasteiger partial charge in [0.25, 0.3) is 0 Å². The monoisotopic (exact) mass is 267 g/mol. The lowest BCUT2D eigenvalue weighted by Gasteiger charge is -2.22. The predicted octanol–water partition coefficient (Wildman–Crippen LogP) is 3.51. The highest BCUT2D eigenvalue weighted by Crippen LogP contribution is 2.37. The molecule has 0 bridgehead atoms. The van der Waals surface area contributed by atoms with E-state index in [2.05, 4.69) is 37.3 Å². The lowest BCUT2D eigenvalue weighted by atomic mass is 9.92. The summed E-state index contributed by atoms with van der Waals surface area (Å²) >= 11 is 0. The number of aryl methyl sites for hydroxylation is 2. The van der Waals surface area contributed by atoms with Gasteiger partial charge in [0.15, 0.2) is 0 Å². The van der Waals surface area contributed by atoms with Crippen LogP contribution in [0.3, 0.4) is 0 Å². The van der Waals surface area contributed by atoms with E-state index in [9.17, 15) is 0 Å². The molecule has 2 aromatic rings. The first-order valence-electron chi connectivity index (χ1n) is 7.68. The SMILES string of the molecule is CC1CCC(C(N)c2ccc3c4c(cccc24)CC3)O1. The van der Waals surface area contributed by atoms with Crippen LogP contribution in [0.5, 0.6) is 0 Å². The van der Waals surface area contributed by atoms with Crippen molar-refractivity contribution in [2.75, 3.05) is 0 Å². The van der Waals surface area contributed by atoms with Crippen LogP contribution in [0.1, 0.15) is 42.5 Å². The molecule has 0 amide bonds. The van der Waals surface area contributed by atoms with Crippen molar-refractivity contribution in [2.45, 2.75) is 50.9 Å². The van der Waals surface area contributed by atoms with Crippen LogP contribution < -0.4 is 5.73 Å². The molecule has 2 N–H and O–H groups in total. The average molecular weight is 267 g/mol. The van der Waals surface area contributed by atoms with Crippen molar-refractivity contribution in [3.63, 3.8) is 0 Å². The Bertz CT molecular complexity index is 654. The summed E-state index contributed by atoms with van der Waals surface area (Å²) in [6.45, 7) is 2.14. The molecule has 3 unspecified atom stereocenters. The molecule has 2 heteroatoms. The van der Waals surface area contributed by atoms with Gasteiger partial charge in [-0.05, 0) is 60.1 Å². The molecule has 4 rings (SSSR count). The first kappa shape index (κ1) is 12.4. The summed E-state index contributed by atoms with van der Waals surface area (Å²) in [7, 11) is 0. The Labute approximate surface area is 119 Å². The Morgan fingerprint density at radius 1 is 1.10 bits per heavy atom. The largest absolute Gasteiger partial charge is 0.373 e. The zero-order valence-corrected chi connectivity index (χ0v) is 11.9. The zero-order valence-electron chi connectivity index (χ0n) is 11.9. The van der Waals surface area contributed by atoms with Crippen molar-refractivity contribution in [1.29, 1.82) is 0 Å². The molecule has 0 saturated carbocycles. The summed E-state index contributed by atoms with van der Waals surface area (Å²) in [5.74, 6) is 0. The van der Waals surface area contributed by atoms with Gasteiger partial charge in [-0.25, -0.2) is 0 Å². The van der Waals surface area contributed by atoms with Crippen LogP contribution in [-0.4, -0.2) is 12.2 Å². The molecular formula is C18H21NO. The molecule has 0 aromatic heterocycles. The molecule has 1 aliphatic carbocycles. The molecule has 3 atom stereocenters. The van der Waals surface area contributed by atoms with Gasteiger partial charge in [-0.15, -0.1) is 0 Å². The Balaban J connectivity index is 1.81. The van der Waals surface area contributed by atoms with Gasteiger partial charge in [-0.1, -0.05) is 30.3 Å². The van der Waals surface area contributed by atoms with Crippen molar-refractivity contribution in [2.24, 2.45) is 5.73 Å². The van der Waals surface area contributed by atoms with Crippen molar-refractivity contribution < 1.29 is 4.74 Å². The van der Waals surface area contributed by atoms with Crippen LogP contribution in [0.2, 0.25) is 0 Å². The minimum absolute atomic E-state index is 0.00940. The molecule has 2 aromatic carbocycles. The van der Waals surface area contributed by atoms with E-state index in [4.69, 9.17) is 10.5 Å². The highest BCUT2D eigenvalue weighted by atomic mass is 16.5. The predicted molar refractivity (Wildman–Crippen MR) is 81.9 cm³/mol. The molecule has 1 heterocycles. The molecule has 0 spiro atoms. The summed E-state index contributed by atoms with van der Waals surface area (Å²) in [4.78, 5) is 0. The van der Waals surface area contributed by atoms with Gasteiger partial charge < -0.3 is 10.5 Å². The highest BCUT2D eigenvalue weighted by molar-refractivity contribution is 5.93. The number of rotatable bonds is 2. The van der Waals surface area contributed by atoms with Gasteiger partial charge >= 0.3 is 0 Å². The van der Waals surface area contributed by atoms with E-state index in [1.165, 1.54) is 40.3 Å². The third-order valence-electron chi connectivity index (χ3n) is 4.94. The molecule has 2 nitrogen and oxygen atoms in total. The number of hydrogen-bond donors (Lipinski definition) is 1. The molecule has 1 saturated heterocycles. The Kier molecular flexibility index (Phi) is 2.83. The quantitative estimate of drug-likeness (QED) is 0.903. The Morgan fingerprint density at radius 3 is 2.65 bits per heavy atom. The van der Waals surface area contributed by atoms with Gasteiger partial charge in [0, 0.05) is 0 Å². The van der Waals surface area contributed by atoms with E-state index in [0.717, 1.165) is 12.8 Å².